The van der Waals surface area contributed by atoms with Gasteiger partial charge in [0.2, 0.25) is 0 Å². The zero-order valence-corrected chi connectivity index (χ0v) is 13.3. The first-order valence-corrected chi connectivity index (χ1v) is 9.18. The second kappa shape index (κ2) is 4.98. The summed E-state index contributed by atoms with van der Waals surface area (Å²) in [4.78, 5) is 4.37. The Hall–Kier alpha value is -0.193. The molecule has 0 atom stereocenters. The summed E-state index contributed by atoms with van der Waals surface area (Å²) in [5.74, 6) is 0. The lowest BCUT2D eigenvalue weighted by Crippen LogP contribution is -2.40. The topological polar surface area (TPSA) is 22.1 Å². The van der Waals surface area contributed by atoms with Gasteiger partial charge in [0.1, 0.15) is 4.60 Å². The third kappa shape index (κ3) is 3.68. The highest BCUT2D eigenvalue weighted by Gasteiger charge is 2.24. The molecule has 1 rings (SSSR count). The maximum absolute atomic E-state index is 6.09. The van der Waals surface area contributed by atoms with E-state index in [9.17, 15) is 0 Å². The monoisotopic (exact) mass is 301 g/mol. The maximum Gasteiger partial charge on any atom is 0.106 e. The lowest BCUT2D eigenvalue weighted by molar-refractivity contribution is 0.272. The third-order valence-corrected chi connectivity index (χ3v) is 8.08. The highest BCUT2D eigenvalue weighted by atomic mass is 79.9. The van der Waals surface area contributed by atoms with Gasteiger partial charge in [-0.05, 0) is 36.4 Å². The van der Waals surface area contributed by atoms with Gasteiger partial charge in [-0.3, -0.25) is 0 Å². The molecule has 1 aromatic heterocycles. The fourth-order valence-corrected chi connectivity index (χ4v) is 2.32. The van der Waals surface area contributed by atoms with Crippen molar-refractivity contribution in [3.8, 4) is 0 Å². The van der Waals surface area contributed by atoms with Crippen molar-refractivity contribution < 1.29 is 4.43 Å². The van der Waals surface area contributed by atoms with Crippen LogP contribution in [0.25, 0.3) is 0 Å². The first kappa shape index (κ1) is 13.9. The Morgan fingerprint density at radius 3 is 2.44 bits per heavy atom. The number of nitrogens with zero attached hydrogens (tertiary/aromatic N) is 1. The number of hydrogen-bond donors (Lipinski definition) is 0. The van der Waals surface area contributed by atoms with Crippen LogP contribution in [-0.2, 0) is 11.0 Å². The van der Waals surface area contributed by atoms with Gasteiger partial charge in [0.25, 0.3) is 0 Å². The van der Waals surface area contributed by atoms with Crippen LogP contribution in [0.15, 0.2) is 22.8 Å². The van der Waals surface area contributed by atoms with Crippen LogP contribution in [0.2, 0.25) is 18.1 Å². The van der Waals surface area contributed by atoms with Gasteiger partial charge >= 0.3 is 0 Å². The Kier molecular flexibility index (Phi) is 4.32. The molecule has 0 unspecified atom stereocenters. The lowest BCUT2D eigenvalue weighted by Gasteiger charge is -2.48. The minimum Gasteiger partial charge on any atom is -0.560 e. The molecule has 0 amide bonds. The molecule has 0 bridgehead atoms. The van der Waals surface area contributed by atoms with Crippen LogP contribution in [0.4, 0.5) is 0 Å². The average molecular weight is 302 g/mol. The molecule has 0 aliphatic carbocycles. The zero-order chi connectivity index (χ0) is 12.4. The summed E-state index contributed by atoms with van der Waals surface area (Å²) in [6, 6.07) is 5.91. The molecule has 0 saturated carbocycles. The molecule has 0 aliphatic rings. The minimum absolute atomic E-state index is 0.249. The standard InChI is InChI=1S/C12H20BrNOSi/c1-12(2,3)16(4,5)15-9-10-7-6-8-11(13)14-10/h6-8H,9H2,1-5H3/q-1. The molecular formula is C12H20BrNOSi-. The molecule has 2 nitrogen and oxygen atoms in total. The molecule has 0 aliphatic heterocycles. The fourth-order valence-electron chi connectivity index (χ4n) is 1.00. The van der Waals surface area contributed by atoms with Crippen LogP contribution in [0.3, 0.4) is 0 Å². The number of pyridine rings is 1. The number of halogens is 1. The quantitative estimate of drug-likeness (QED) is 0.611. The van der Waals surface area contributed by atoms with E-state index in [0.29, 0.717) is 6.61 Å². The summed E-state index contributed by atoms with van der Waals surface area (Å²) < 4.78 is 6.96. The molecule has 91 valence electrons. The summed E-state index contributed by atoms with van der Waals surface area (Å²) in [6.07, 6.45) is 0. The highest BCUT2D eigenvalue weighted by Crippen LogP contribution is 2.36. The molecule has 0 spiro atoms. The van der Waals surface area contributed by atoms with Crippen molar-refractivity contribution in [1.82, 2.24) is 4.98 Å². The Balaban J connectivity index is 2.65. The van der Waals surface area contributed by atoms with Crippen molar-refractivity contribution in [2.75, 3.05) is 0 Å². The molecule has 0 radical (unpaired) electrons. The van der Waals surface area contributed by atoms with Crippen LogP contribution in [0.5, 0.6) is 0 Å². The zero-order valence-electron chi connectivity index (χ0n) is 10.7. The van der Waals surface area contributed by atoms with Gasteiger partial charge in [0, 0.05) is 6.61 Å². The first-order chi connectivity index (χ1) is 7.22. The van der Waals surface area contributed by atoms with Gasteiger partial charge < -0.3 is 4.43 Å². The van der Waals surface area contributed by atoms with Gasteiger partial charge in [-0.25, -0.2) is 4.98 Å². The van der Waals surface area contributed by atoms with Crippen LogP contribution >= 0.6 is 15.9 Å². The molecular weight excluding hydrogens is 282 g/mol. The summed E-state index contributed by atoms with van der Waals surface area (Å²) in [5, 5.41) is 0.249. The Morgan fingerprint density at radius 2 is 1.94 bits per heavy atom. The van der Waals surface area contributed by atoms with Gasteiger partial charge in [0.15, 0.2) is 0 Å². The van der Waals surface area contributed by atoms with Crippen molar-refractivity contribution >= 4 is 24.2 Å². The van der Waals surface area contributed by atoms with Crippen LogP contribution in [-0.4, -0.2) is 13.3 Å². The lowest BCUT2D eigenvalue weighted by atomic mass is 10.2. The summed E-state index contributed by atoms with van der Waals surface area (Å²) in [5.41, 5.74) is 0.985. The SMILES string of the molecule is CC(C)(C)[Si-](C)(C)OCc1cccc(Br)n1. The van der Waals surface area contributed by atoms with Gasteiger partial charge in [0.05, 0.1) is 5.69 Å². The van der Waals surface area contributed by atoms with E-state index in [4.69, 9.17) is 4.43 Å². The van der Waals surface area contributed by atoms with E-state index in [1.807, 2.05) is 18.2 Å². The highest BCUT2D eigenvalue weighted by molar-refractivity contribution is 9.10. The first-order valence-electron chi connectivity index (χ1n) is 5.48. The van der Waals surface area contributed by atoms with Gasteiger partial charge in [-0.15, -0.1) is 18.1 Å². The van der Waals surface area contributed by atoms with Crippen LogP contribution in [0, 0.1) is 0 Å². The van der Waals surface area contributed by atoms with E-state index in [-0.39, 0.29) is 5.04 Å². The molecule has 0 saturated heterocycles. The molecule has 16 heavy (non-hydrogen) atoms. The smallest absolute Gasteiger partial charge is 0.106 e. The predicted molar refractivity (Wildman–Crippen MR) is 73.9 cm³/mol. The fraction of sp³-hybridized carbons (Fsp3) is 0.583. The van der Waals surface area contributed by atoms with E-state index in [1.54, 1.807) is 0 Å². The predicted octanol–water partition coefficient (Wildman–Crippen LogP) is 4.37. The third-order valence-electron chi connectivity index (χ3n) is 3.16. The Labute approximate surface area is 108 Å². The molecule has 0 N–H and O–H groups in total. The maximum atomic E-state index is 6.09. The van der Waals surface area contributed by atoms with E-state index in [1.165, 1.54) is 0 Å². The molecule has 0 fully saturated rings. The molecule has 1 aromatic rings. The van der Waals surface area contributed by atoms with Crippen LogP contribution < -0.4 is 0 Å². The van der Waals surface area contributed by atoms with Crippen molar-refractivity contribution in [1.29, 1.82) is 0 Å². The molecule has 0 aromatic carbocycles. The summed E-state index contributed by atoms with van der Waals surface area (Å²) >= 11 is 3.37. The number of rotatable bonds is 3. The van der Waals surface area contributed by atoms with Crippen molar-refractivity contribution in [3.05, 3.63) is 28.5 Å². The Bertz CT molecular complexity index is 360. The van der Waals surface area contributed by atoms with Crippen molar-refractivity contribution in [2.45, 2.75) is 45.5 Å². The van der Waals surface area contributed by atoms with E-state index >= 15 is 0 Å². The van der Waals surface area contributed by atoms with Gasteiger partial charge in [-0.2, -0.15) is 0 Å². The van der Waals surface area contributed by atoms with E-state index in [0.717, 1.165) is 10.3 Å². The summed E-state index contributed by atoms with van der Waals surface area (Å²) in [6.45, 7) is 11.8. The average Bonchev–Trinajstić information content (AvgIpc) is 2.13. The van der Waals surface area contributed by atoms with E-state index < -0.39 is 8.32 Å². The Morgan fingerprint density at radius 1 is 1.31 bits per heavy atom. The van der Waals surface area contributed by atoms with Crippen LogP contribution in [0.1, 0.15) is 26.5 Å². The summed E-state index contributed by atoms with van der Waals surface area (Å²) in [7, 11) is -1.66. The number of aromatic nitrogens is 1. The van der Waals surface area contributed by atoms with E-state index in [2.05, 4.69) is 54.8 Å². The largest absolute Gasteiger partial charge is 0.560 e. The van der Waals surface area contributed by atoms with Crippen molar-refractivity contribution in [2.24, 2.45) is 0 Å². The second-order valence-corrected chi connectivity index (χ2v) is 11.1. The molecule has 1 heterocycles. The number of hydrogen-bond acceptors (Lipinski definition) is 2. The van der Waals surface area contributed by atoms with Crippen molar-refractivity contribution in [3.63, 3.8) is 0 Å². The second-order valence-electron chi connectivity index (χ2n) is 5.50. The molecule has 4 heteroatoms. The van der Waals surface area contributed by atoms with Gasteiger partial charge in [-0.1, -0.05) is 26.8 Å². The minimum atomic E-state index is -1.66. The normalized spacial score (nSPS) is 12.9.